The molecule has 0 amide bonds. The van der Waals surface area contributed by atoms with Gasteiger partial charge in [-0.25, -0.2) is 12.8 Å². The monoisotopic (exact) mass is 261 g/mol. The van der Waals surface area contributed by atoms with E-state index in [2.05, 4.69) is 0 Å². The van der Waals surface area contributed by atoms with Crippen LogP contribution >= 0.6 is 0 Å². The van der Waals surface area contributed by atoms with Crippen LogP contribution in [0.3, 0.4) is 0 Å². The van der Waals surface area contributed by atoms with Crippen LogP contribution in [0.15, 0.2) is 18.2 Å². The number of methoxy groups -OCH3 is 1. The summed E-state index contributed by atoms with van der Waals surface area (Å²) in [5.74, 6) is -0.970. The summed E-state index contributed by atoms with van der Waals surface area (Å²) in [5, 5.41) is 0. The predicted molar refractivity (Wildman–Crippen MR) is 63.7 cm³/mol. The molecule has 96 valence electrons. The van der Waals surface area contributed by atoms with Gasteiger partial charge in [0.15, 0.2) is 9.84 Å². The highest BCUT2D eigenvalue weighted by Crippen LogP contribution is 2.15. The summed E-state index contributed by atoms with van der Waals surface area (Å²) in [7, 11) is -1.93. The lowest BCUT2D eigenvalue weighted by Gasteiger charge is -2.07. The van der Waals surface area contributed by atoms with E-state index in [1.54, 1.807) is 12.1 Å². The van der Waals surface area contributed by atoms with Gasteiger partial charge in [0.25, 0.3) is 0 Å². The Balaban J connectivity index is 2.88. The summed E-state index contributed by atoms with van der Waals surface area (Å²) in [5.41, 5.74) is 5.83. The van der Waals surface area contributed by atoms with Crippen molar-refractivity contribution in [2.24, 2.45) is 5.73 Å². The SMILES string of the molecule is COCCS(=O)(=O)Cc1cccc(CN)c1F. The molecule has 0 atom stereocenters. The molecule has 1 aromatic carbocycles. The van der Waals surface area contributed by atoms with Crippen LogP contribution in [-0.4, -0.2) is 27.9 Å². The molecule has 0 bridgehead atoms. The van der Waals surface area contributed by atoms with Crippen LogP contribution in [0.1, 0.15) is 11.1 Å². The van der Waals surface area contributed by atoms with Crippen molar-refractivity contribution >= 4 is 9.84 Å². The minimum Gasteiger partial charge on any atom is -0.384 e. The van der Waals surface area contributed by atoms with Crippen molar-refractivity contribution < 1.29 is 17.5 Å². The van der Waals surface area contributed by atoms with Crippen LogP contribution in [0.2, 0.25) is 0 Å². The molecule has 4 nitrogen and oxygen atoms in total. The van der Waals surface area contributed by atoms with Gasteiger partial charge in [-0.15, -0.1) is 0 Å². The maximum Gasteiger partial charge on any atom is 0.156 e. The molecule has 6 heteroatoms. The number of nitrogens with two attached hydrogens (primary N) is 1. The van der Waals surface area contributed by atoms with Crippen molar-refractivity contribution in [3.63, 3.8) is 0 Å². The number of hydrogen-bond donors (Lipinski definition) is 1. The van der Waals surface area contributed by atoms with Crippen molar-refractivity contribution in [1.29, 1.82) is 0 Å². The Morgan fingerprint density at radius 3 is 2.59 bits per heavy atom. The third-order valence-electron chi connectivity index (χ3n) is 2.35. The molecular formula is C11H16FNO3S. The summed E-state index contributed by atoms with van der Waals surface area (Å²) in [6, 6.07) is 4.60. The second-order valence-electron chi connectivity index (χ2n) is 3.68. The van der Waals surface area contributed by atoms with Crippen LogP contribution in [0.4, 0.5) is 4.39 Å². The highest BCUT2D eigenvalue weighted by molar-refractivity contribution is 7.90. The molecule has 0 unspecified atom stereocenters. The first-order valence-electron chi connectivity index (χ1n) is 5.16. The van der Waals surface area contributed by atoms with E-state index in [1.807, 2.05) is 0 Å². The Morgan fingerprint density at radius 2 is 2.00 bits per heavy atom. The molecule has 0 saturated carbocycles. The van der Waals surface area contributed by atoms with Gasteiger partial charge in [-0.2, -0.15) is 0 Å². The molecule has 2 N–H and O–H groups in total. The van der Waals surface area contributed by atoms with Crippen molar-refractivity contribution in [2.45, 2.75) is 12.3 Å². The second kappa shape index (κ2) is 6.09. The van der Waals surface area contributed by atoms with E-state index in [9.17, 15) is 12.8 Å². The number of hydrogen-bond acceptors (Lipinski definition) is 4. The van der Waals surface area contributed by atoms with Gasteiger partial charge in [-0.05, 0) is 0 Å². The zero-order valence-electron chi connectivity index (χ0n) is 9.65. The lowest BCUT2D eigenvalue weighted by Crippen LogP contribution is -2.15. The standard InChI is InChI=1S/C11H16FNO3S/c1-16-5-6-17(14,15)8-10-4-2-3-9(7-13)11(10)12/h2-4H,5-8,13H2,1H3. The summed E-state index contributed by atoms with van der Waals surface area (Å²) in [6.07, 6.45) is 0. The van der Waals surface area contributed by atoms with E-state index < -0.39 is 15.7 Å². The highest BCUT2D eigenvalue weighted by atomic mass is 32.2. The van der Waals surface area contributed by atoms with Crippen LogP contribution in [0.5, 0.6) is 0 Å². The van der Waals surface area contributed by atoms with Gasteiger partial charge < -0.3 is 10.5 Å². The van der Waals surface area contributed by atoms with Gasteiger partial charge in [-0.1, -0.05) is 18.2 Å². The Morgan fingerprint density at radius 1 is 1.35 bits per heavy atom. The molecule has 0 fully saturated rings. The van der Waals surface area contributed by atoms with E-state index >= 15 is 0 Å². The van der Waals surface area contributed by atoms with E-state index in [-0.39, 0.29) is 30.2 Å². The average molecular weight is 261 g/mol. The maximum atomic E-state index is 13.7. The van der Waals surface area contributed by atoms with Crippen molar-refractivity contribution in [3.8, 4) is 0 Å². The van der Waals surface area contributed by atoms with E-state index in [0.717, 1.165) is 0 Å². The van der Waals surface area contributed by atoms with Crippen molar-refractivity contribution in [3.05, 3.63) is 35.1 Å². The van der Waals surface area contributed by atoms with Crippen molar-refractivity contribution in [2.75, 3.05) is 19.5 Å². The average Bonchev–Trinajstić information content (AvgIpc) is 2.29. The number of sulfone groups is 1. The Bertz CT molecular complexity index is 474. The molecule has 0 aliphatic rings. The lowest BCUT2D eigenvalue weighted by molar-refractivity contribution is 0.217. The van der Waals surface area contributed by atoms with Gasteiger partial charge in [0.2, 0.25) is 0 Å². The summed E-state index contributed by atoms with van der Waals surface area (Å²) in [6.45, 7) is 0.165. The van der Waals surface area contributed by atoms with Gasteiger partial charge >= 0.3 is 0 Å². The van der Waals surface area contributed by atoms with Crippen LogP contribution in [0.25, 0.3) is 0 Å². The smallest absolute Gasteiger partial charge is 0.156 e. The highest BCUT2D eigenvalue weighted by Gasteiger charge is 2.16. The van der Waals surface area contributed by atoms with Gasteiger partial charge in [0.05, 0.1) is 18.1 Å². The van der Waals surface area contributed by atoms with Gasteiger partial charge in [0.1, 0.15) is 5.82 Å². The summed E-state index contributed by atoms with van der Waals surface area (Å²) in [4.78, 5) is 0. The van der Waals surface area contributed by atoms with Crippen molar-refractivity contribution in [1.82, 2.24) is 0 Å². The topological polar surface area (TPSA) is 69.4 Å². The molecule has 0 aliphatic carbocycles. The molecule has 0 heterocycles. The quantitative estimate of drug-likeness (QED) is 0.824. The fraction of sp³-hybridized carbons (Fsp3) is 0.455. The molecule has 0 saturated heterocycles. The Kier molecular flexibility index (Phi) is 5.04. The summed E-state index contributed by atoms with van der Waals surface area (Å²) >= 11 is 0. The fourth-order valence-electron chi connectivity index (χ4n) is 1.42. The van der Waals surface area contributed by atoms with Crippen LogP contribution in [0, 0.1) is 5.82 Å². The third-order valence-corrected chi connectivity index (χ3v) is 3.89. The fourth-order valence-corrected chi connectivity index (χ4v) is 2.68. The van der Waals surface area contributed by atoms with E-state index in [1.165, 1.54) is 13.2 Å². The van der Waals surface area contributed by atoms with Crippen LogP contribution in [-0.2, 0) is 26.9 Å². The molecule has 17 heavy (non-hydrogen) atoms. The largest absolute Gasteiger partial charge is 0.384 e. The first-order chi connectivity index (χ1) is 8.00. The molecule has 0 aliphatic heterocycles. The zero-order valence-corrected chi connectivity index (χ0v) is 10.5. The lowest BCUT2D eigenvalue weighted by atomic mass is 10.1. The second-order valence-corrected chi connectivity index (χ2v) is 5.86. The Hall–Kier alpha value is -0.980. The first kappa shape index (κ1) is 14.1. The molecule has 0 radical (unpaired) electrons. The molecular weight excluding hydrogens is 245 g/mol. The minimum atomic E-state index is -3.35. The number of ether oxygens (including phenoxy) is 1. The van der Waals surface area contributed by atoms with Gasteiger partial charge in [0, 0.05) is 24.8 Å². The van der Waals surface area contributed by atoms with E-state index in [4.69, 9.17) is 10.5 Å². The molecule has 0 spiro atoms. The first-order valence-corrected chi connectivity index (χ1v) is 6.98. The zero-order chi connectivity index (χ0) is 12.9. The molecule has 0 aromatic heterocycles. The van der Waals surface area contributed by atoms with Crippen LogP contribution < -0.4 is 5.73 Å². The summed E-state index contributed by atoms with van der Waals surface area (Å²) < 4.78 is 41.7. The molecule has 1 rings (SSSR count). The van der Waals surface area contributed by atoms with E-state index in [0.29, 0.717) is 5.56 Å². The normalized spacial score (nSPS) is 11.7. The third kappa shape index (κ3) is 4.07. The molecule has 1 aromatic rings. The van der Waals surface area contributed by atoms with Gasteiger partial charge in [-0.3, -0.25) is 0 Å². The number of benzene rings is 1. The predicted octanol–water partition coefficient (Wildman–Crippen LogP) is 0.846. The number of halogens is 1. The minimum absolute atomic E-state index is 0.0534. The number of rotatable bonds is 6. The Labute approximate surface area is 101 Å². The maximum absolute atomic E-state index is 13.7.